The molecule has 0 fully saturated rings. The molecule has 5 rings (SSSR count). The SMILES string of the molecule is CC[C@@H](C)N=C1Sc2nc3cc(C)ccc3cc2CN1Cc1ccc2c(c1)OCO2. The van der Waals surface area contributed by atoms with Gasteiger partial charge >= 0.3 is 0 Å². The van der Waals surface area contributed by atoms with Crippen molar-refractivity contribution in [3.05, 3.63) is 59.2 Å². The molecule has 0 amide bonds. The molecule has 3 aromatic rings. The Morgan fingerprint density at radius 1 is 1.13 bits per heavy atom. The van der Waals surface area contributed by atoms with Gasteiger partial charge in [0.05, 0.1) is 5.52 Å². The normalized spacial score (nSPS) is 17.4. The topological polar surface area (TPSA) is 47.0 Å². The highest BCUT2D eigenvalue weighted by atomic mass is 32.2. The quantitative estimate of drug-likeness (QED) is 0.556. The number of fused-ring (bicyclic) bond motifs is 3. The van der Waals surface area contributed by atoms with E-state index in [1.54, 1.807) is 11.8 Å². The molecular weight excluding hydrogens is 394 g/mol. The minimum atomic E-state index is 0.274. The third-order valence-electron chi connectivity index (χ3n) is 5.56. The van der Waals surface area contributed by atoms with Crippen LogP contribution in [0, 0.1) is 6.92 Å². The van der Waals surface area contributed by atoms with Gasteiger partial charge in [0.25, 0.3) is 0 Å². The highest BCUT2D eigenvalue weighted by Gasteiger charge is 2.25. The van der Waals surface area contributed by atoms with Crippen LogP contribution in [0.3, 0.4) is 0 Å². The van der Waals surface area contributed by atoms with Crippen molar-refractivity contribution in [2.24, 2.45) is 4.99 Å². The summed E-state index contributed by atoms with van der Waals surface area (Å²) >= 11 is 1.68. The Hall–Kier alpha value is -2.73. The van der Waals surface area contributed by atoms with Crippen molar-refractivity contribution < 1.29 is 9.47 Å². The van der Waals surface area contributed by atoms with Crippen molar-refractivity contribution in [3.63, 3.8) is 0 Å². The second-order valence-corrected chi connectivity index (χ2v) is 8.92. The van der Waals surface area contributed by atoms with E-state index in [9.17, 15) is 0 Å². The lowest BCUT2D eigenvalue weighted by Crippen LogP contribution is -2.32. The minimum Gasteiger partial charge on any atom is -0.454 e. The van der Waals surface area contributed by atoms with Crippen molar-refractivity contribution in [3.8, 4) is 11.5 Å². The number of thioether (sulfide) groups is 1. The number of nitrogens with zero attached hydrogens (tertiary/aromatic N) is 3. The molecule has 0 saturated carbocycles. The molecule has 30 heavy (non-hydrogen) atoms. The van der Waals surface area contributed by atoms with E-state index in [-0.39, 0.29) is 6.04 Å². The molecule has 0 spiro atoms. The Morgan fingerprint density at radius 3 is 2.87 bits per heavy atom. The van der Waals surface area contributed by atoms with E-state index in [1.165, 1.54) is 22.1 Å². The number of pyridine rings is 1. The summed E-state index contributed by atoms with van der Waals surface area (Å²) in [5.74, 6) is 1.64. The Labute approximate surface area is 181 Å². The second-order valence-electron chi connectivity index (χ2n) is 7.96. The first-order valence-corrected chi connectivity index (χ1v) is 11.2. The van der Waals surface area contributed by atoms with Gasteiger partial charge in [0, 0.05) is 30.1 Å². The Morgan fingerprint density at radius 2 is 2.00 bits per heavy atom. The summed E-state index contributed by atoms with van der Waals surface area (Å²) in [4.78, 5) is 12.3. The molecule has 0 saturated heterocycles. The maximum absolute atomic E-state index is 5.56. The maximum atomic E-state index is 5.56. The highest BCUT2D eigenvalue weighted by molar-refractivity contribution is 8.13. The molecule has 154 valence electrons. The van der Waals surface area contributed by atoms with Crippen LogP contribution in [0.4, 0.5) is 0 Å². The zero-order valence-corrected chi connectivity index (χ0v) is 18.3. The highest BCUT2D eigenvalue weighted by Crippen LogP contribution is 2.36. The Balaban J connectivity index is 1.50. The molecule has 5 nitrogen and oxygen atoms in total. The molecule has 0 aliphatic carbocycles. The van der Waals surface area contributed by atoms with Crippen molar-refractivity contribution in [2.75, 3.05) is 6.79 Å². The predicted molar refractivity (Wildman–Crippen MR) is 121 cm³/mol. The summed E-state index contributed by atoms with van der Waals surface area (Å²) in [5, 5.41) is 3.29. The van der Waals surface area contributed by atoms with Crippen LogP contribution in [0.25, 0.3) is 10.9 Å². The maximum Gasteiger partial charge on any atom is 0.231 e. The summed E-state index contributed by atoms with van der Waals surface area (Å²) in [6.45, 7) is 8.31. The predicted octanol–water partition coefficient (Wildman–Crippen LogP) is 5.53. The van der Waals surface area contributed by atoms with E-state index in [2.05, 4.69) is 62.1 Å². The van der Waals surface area contributed by atoms with Crippen LogP contribution < -0.4 is 9.47 Å². The fourth-order valence-electron chi connectivity index (χ4n) is 3.70. The molecular formula is C24H25N3O2S. The summed E-state index contributed by atoms with van der Waals surface area (Å²) in [6.07, 6.45) is 1.01. The number of ether oxygens (including phenoxy) is 2. The lowest BCUT2D eigenvalue weighted by molar-refractivity contribution is 0.174. The van der Waals surface area contributed by atoms with Crippen LogP contribution >= 0.6 is 11.8 Å². The molecule has 2 aliphatic rings. The van der Waals surface area contributed by atoms with Crippen LogP contribution in [0.15, 0.2) is 52.5 Å². The molecule has 0 bridgehead atoms. The zero-order chi connectivity index (χ0) is 20.7. The van der Waals surface area contributed by atoms with Gasteiger partial charge in [-0.2, -0.15) is 0 Å². The van der Waals surface area contributed by atoms with E-state index in [0.717, 1.165) is 46.7 Å². The molecule has 1 aromatic heterocycles. The average molecular weight is 420 g/mol. The third kappa shape index (κ3) is 3.72. The molecule has 0 unspecified atom stereocenters. The van der Waals surface area contributed by atoms with Crippen molar-refractivity contribution in [1.82, 2.24) is 9.88 Å². The van der Waals surface area contributed by atoms with Crippen LogP contribution in [0.2, 0.25) is 0 Å². The number of benzene rings is 2. The molecule has 0 radical (unpaired) electrons. The van der Waals surface area contributed by atoms with Crippen LogP contribution in [0.1, 0.15) is 37.0 Å². The zero-order valence-electron chi connectivity index (χ0n) is 17.5. The number of aryl methyl sites for hydroxylation is 1. The second kappa shape index (κ2) is 7.84. The third-order valence-corrected chi connectivity index (χ3v) is 6.66. The van der Waals surface area contributed by atoms with Crippen molar-refractivity contribution in [1.29, 1.82) is 0 Å². The standard InChI is InChI=1S/C24H25N3O2S/c1-4-16(3)25-24-27(12-17-6-8-21-22(10-17)29-14-28-21)13-19-11-18-7-5-15(2)9-20(18)26-23(19)30-24/h5-11,16H,4,12-14H2,1-3H3/t16-/m1/s1. The smallest absolute Gasteiger partial charge is 0.231 e. The van der Waals surface area contributed by atoms with Gasteiger partial charge in [0.15, 0.2) is 16.7 Å². The minimum absolute atomic E-state index is 0.274. The molecule has 1 atom stereocenters. The van der Waals surface area contributed by atoms with Gasteiger partial charge < -0.3 is 14.4 Å². The summed E-state index contributed by atoms with van der Waals surface area (Å²) in [7, 11) is 0. The number of aliphatic imine (C=N–C) groups is 1. The largest absolute Gasteiger partial charge is 0.454 e. The monoisotopic (exact) mass is 419 g/mol. The van der Waals surface area contributed by atoms with Gasteiger partial charge in [-0.1, -0.05) is 25.1 Å². The van der Waals surface area contributed by atoms with Crippen molar-refractivity contribution in [2.45, 2.75) is 51.3 Å². The van der Waals surface area contributed by atoms with E-state index in [1.807, 2.05) is 6.07 Å². The number of rotatable bonds is 4. The van der Waals surface area contributed by atoms with Gasteiger partial charge in [0.1, 0.15) is 5.03 Å². The van der Waals surface area contributed by atoms with Gasteiger partial charge in [-0.05, 0) is 67.4 Å². The summed E-state index contributed by atoms with van der Waals surface area (Å²) < 4.78 is 11.0. The fourth-order valence-corrected chi connectivity index (χ4v) is 4.76. The summed E-state index contributed by atoms with van der Waals surface area (Å²) in [6, 6.07) is 15.2. The molecule has 0 N–H and O–H groups in total. The van der Waals surface area contributed by atoms with E-state index in [0.29, 0.717) is 6.79 Å². The van der Waals surface area contributed by atoms with Crippen LogP contribution in [-0.4, -0.2) is 27.9 Å². The van der Waals surface area contributed by atoms with Crippen LogP contribution in [0.5, 0.6) is 11.5 Å². The van der Waals surface area contributed by atoms with Gasteiger partial charge in [-0.25, -0.2) is 4.98 Å². The van der Waals surface area contributed by atoms with E-state index >= 15 is 0 Å². The summed E-state index contributed by atoms with van der Waals surface area (Å²) in [5.41, 5.74) is 4.71. The first-order valence-electron chi connectivity index (χ1n) is 10.4. The number of aromatic nitrogens is 1. The number of amidine groups is 1. The lowest BCUT2D eigenvalue weighted by Gasteiger charge is -2.31. The number of hydrogen-bond acceptors (Lipinski definition) is 5. The van der Waals surface area contributed by atoms with Gasteiger partial charge in [-0.15, -0.1) is 0 Å². The molecule has 2 aromatic carbocycles. The van der Waals surface area contributed by atoms with E-state index < -0.39 is 0 Å². The fraction of sp³-hybridized carbons (Fsp3) is 0.333. The van der Waals surface area contributed by atoms with Crippen molar-refractivity contribution >= 4 is 27.8 Å². The average Bonchev–Trinajstić information content (AvgIpc) is 3.20. The first kappa shape index (κ1) is 19.2. The molecule has 2 aliphatic heterocycles. The number of hydrogen-bond donors (Lipinski definition) is 0. The Bertz CT molecular complexity index is 1140. The molecule has 3 heterocycles. The van der Waals surface area contributed by atoms with Crippen LogP contribution in [-0.2, 0) is 13.1 Å². The lowest BCUT2D eigenvalue weighted by atomic mass is 10.1. The molecule has 6 heteroatoms. The van der Waals surface area contributed by atoms with Gasteiger partial charge in [-0.3, -0.25) is 4.99 Å². The van der Waals surface area contributed by atoms with E-state index in [4.69, 9.17) is 19.5 Å². The van der Waals surface area contributed by atoms with Gasteiger partial charge in [0.2, 0.25) is 6.79 Å². The first-order chi connectivity index (χ1) is 14.6. The Kier molecular flexibility index (Phi) is 5.03.